The quantitative estimate of drug-likeness (QED) is 0.621. The van der Waals surface area contributed by atoms with Gasteiger partial charge >= 0.3 is 0 Å². The summed E-state index contributed by atoms with van der Waals surface area (Å²) in [5, 5.41) is 3.23. The van der Waals surface area contributed by atoms with E-state index in [9.17, 15) is 4.79 Å². The fourth-order valence-electron chi connectivity index (χ4n) is 1.43. The van der Waals surface area contributed by atoms with E-state index in [2.05, 4.69) is 10.2 Å². The lowest BCUT2D eigenvalue weighted by Crippen LogP contribution is -2.27. The molecule has 0 heterocycles. The van der Waals surface area contributed by atoms with E-state index < -0.39 is 0 Å². The van der Waals surface area contributed by atoms with Gasteiger partial charge in [0.25, 0.3) is 5.91 Å². The summed E-state index contributed by atoms with van der Waals surface area (Å²) in [5.41, 5.74) is 6.50. The van der Waals surface area contributed by atoms with E-state index >= 15 is 0 Å². The lowest BCUT2D eigenvalue weighted by molar-refractivity contribution is 0.0953. The maximum Gasteiger partial charge on any atom is 0.253 e. The van der Waals surface area contributed by atoms with Gasteiger partial charge in [-0.05, 0) is 39.2 Å². The fourth-order valence-corrected chi connectivity index (χ4v) is 1.60. The Morgan fingerprint density at radius 1 is 1.47 bits per heavy atom. The third kappa shape index (κ3) is 4.24. The number of anilines is 1. The molecular formula is C12H18ClN3O. The SMILES string of the molecule is CN(C)CCCNC(=O)c1cccc(Cl)c1N. The summed E-state index contributed by atoms with van der Waals surface area (Å²) in [6.45, 7) is 1.56. The molecule has 0 saturated heterocycles. The smallest absolute Gasteiger partial charge is 0.253 e. The van der Waals surface area contributed by atoms with Crippen molar-refractivity contribution in [3.05, 3.63) is 28.8 Å². The highest BCUT2D eigenvalue weighted by Gasteiger charge is 2.10. The second-order valence-electron chi connectivity index (χ2n) is 4.11. The van der Waals surface area contributed by atoms with Gasteiger partial charge < -0.3 is 16.0 Å². The van der Waals surface area contributed by atoms with Crippen LogP contribution < -0.4 is 11.1 Å². The van der Waals surface area contributed by atoms with Gasteiger partial charge in [-0.15, -0.1) is 0 Å². The van der Waals surface area contributed by atoms with Gasteiger partial charge in [0.1, 0.15) is 0 Å². The van der Waals surface area contributed by atoms with Crippen LogP contribution in [0.15, 0.2) is 18.2 Å². The third-order valence-corrected chi connectivity index (χ3v) is 2.69. The van der Waals surface area contributed by atoms with Crippen molar-refractivity contribution in [2.24, 2.45) is 0 Å². The van der Waals surface area contributed by atoms with E-state index in [0.29, 0.717) is 22.8 Å². The molecule has 0 aliphatic carbocycles. The molecule has 0 unspecified atom stereocenters. The molecule has 0 fully saturated rings. The Balaban J connectivity index is 2.50. The van der Waals surface area contributed by atoms with Gasteiger partial charge in [-0.25, -0.2) is 0 Å². The molecule has 3 N–H and O–H groups in total. The van der Waals surface area contributed by atoms with Crippen molar-refractivity contribution in [1.29, 1.82) is 0 Å². The number of carbonyl (C=O) groups excluding carboxylic acids is 1. The third-order valence-electron chi connectivity index (χ3n) is 2.37. The van der Waals surface area contributed by atoms with Crippen LogP contribution in [0, 0.1) is 0 Å². The van der Waals surface area contributed by atoms with Gasteiger partial charge in [0, 0.05) is 6.54 Å². The van der Waals surface area contributed by atoms with E-state index in [4.69, 9.17) is 17.3 Å². The Kier molecular flexibility index (Phi) is 5.25. The van der Waals surface area contributed by atoms with Crippen LogP contribution in [0.5, 0.6) is 0 Å². The van der Waals surface area contributed by atoms with E-state index in [-0.39, 0.29) is 5.91 Å². The fraction of sp³-hybridized carbons (Fsp3) is 0.417. The van der Waals surface area contributed by atoms with E-state index in [1.165, 1.54) is 0 Å². The Hall–Kier alpha value is -1.26. The number of rotatable bonds is 5. The molecule has 1 rings (SSSR count). The van der Waals surface area contributed by atoms with Crippen LogP contribution in [0.4, 0.5) is 5.69 Å². The van der Waals surface area contributed by atoms with Gasteiger partial charge in [0.15, 0.2) is 0 Å². The van der Waals surface area contributed by atoms with Crippen molar-refractivity contribution < 1.29 is 4.79 Å². The molecule has 1 aromatic rings. The van der Waals surface area contributed by atoms with Crippen molar-refractivity contribution in [1.82, 2.24) is 10.2 Å². The predicted molar refractivity (Wildman–Crippen MR) is 71.4 cm³/mol. The number of carbonyl (C=O) groups is 1. The first-order valence-corrected chi connectivity index (χ1v) is 5.87. The van der Waals surface area contributed by atoms with Crippen LogP contribution in [0.25, 0.3) is 0 Å². The zero-order valence-electron chi connectivity index (χ0n) is 10.2. The number of nitrogens with one attached hydrogen (secondary N) is 1. The van der Waals surface area contributed by atoms with Crippen molar-refractivity contribution in [2.45, 2.75) is 6.42 Å². The molecule has 5 heteroatoms. The standard InChI is InChI=1S/C12H18ClN3O/c1-16(2)8-4-7-15-12(17)9-5-3-6-10(13)11(9)14/h3,5-6H,4,7-8,14H2,1-2H3,(H,15,17). The summed E-state index contributed by atoms with van der Waals surface area (Å²) < 4.78 is 0. The molecule has 0 aliphatic rings. The molecule has 0 aliphatic heterocycles. The molecule has 94 valence electrons. The molecular weight excluding hydrogens is 238 g/mol. The van der Waals surface area contributed by atoms with Gasteiger partial charge in [0.05, 0.1) is 16.3 Å². The number of amides is 1. The molecule has 0 bridgehead atoms. The molecule has 0 saturated carbocycles. The monoisotopic (exact) mass is 255 g/mol. The van der Waals surface area contributed by atoms with Crippen molar-refractivity contribution in [3.8, 4) is 0 Å². The minimum atomic E-state index is -0.177. The van der Waals surface area contributed by atoms with Crippen LogP contribution in [0.3, 0.4) is 0 Å². The number of halogens is 1. The van der Waals surface area contributed by atoms with Crippen LogP contribution in [0.1, 0.15) is 16.8 Å². The number of nitrogens with two attached hydrogens (primary N) is 1. The molecule has 0 spiro atoms. The molecule has 4 nitrogen and oxygen atoms in total. The predicted octanol–water partition coefficient (Wildman–Crippen LogP) is 1.60. The summed E-state index contributed by atoms with van der Waals surface area (Å²) in [6.07, 6.45) is 0.902. The average Bonchev–Trinajstić information content (AvgIpc) is 2.27. The number of nitrogen functional groups attached to an aromatic ring is 1. The molecule has 17 heavy (non-hydrogen) atoms. The summed E-state index contributed by atoms with van der Waals surface area (Å²) in [4.78, 5) is 13.9. The number of benzene rings is 1. The van der Waals surface area contributed by atoms with Crippen molar-refractivity contribution in [3.63, 3.8) is 0 Å². The average molecular weight is 256 g/mol. The first-order chi connectivity index (χ1) is 8.02. The zero-order chi connectivity index (χ0) is 12.8. The second-order valence-corrected chi connectivity index (χ2v) is 4.52. The van der Waals surface area contributed by atoms with Crippen molar-refractivity contribution >= 4 is 23.2 Å². The molecule has 0 radical (unpaired) electrons. The van der Waals surface area contributed by atoms with E-state index in [1.807, 2.05) is 14.1 Å². The largest absolute Gasteiger partial charge is 0.397 e. The molecule has 0 atom stereocenters. The van der Waals surface area contributed by atoms with E-state index in [1.54, 1.807) is 18.2 Å². The molecule has 1 aromatic carbocycles. The van der Waals surface area contributed by atoms with E-state index in [0.717, 1.165) is 13.0 Å². The topological polar surface area (TPSA) is 58.4 Å². The van der Waals surface area contributed by atoms with Gasteiger partial charge in [0.2, 0.25) is 0 Å². The summed E-state index contributed by atoms with van der Waals surface area (Å²) in [6, 6.07) is 5.05. The van der Waals surface area contributed by atoms with Gasteiger partial charge in [-0.3, -0.25) is 4.79 Å². The van der Waals surface area contributed by atoms with Gasteiger partial charge in [-0.2, -0.15) is 0 Å². The highest BCUT2D eigenvalue weighted by Crippen LogP contribution is 2.21. The Bertz CT molecular complexity index is 393. The minimum Gasteiger partial charge on any atom is -0.397 e. The highest BCUT2D eigenvalue weighted by atomic mass is 35.5. The maximum absolute atomic E-state index is 11.8. The normalized spacial score (nSPS) is 10.6. The Morgan fingerprint density at radius 2 is 2.18 bits per heavy atom. The Morgan fingerprint density at radius 3 is 2.82 bits per heavy atom. The number of nitrogens with zero attached hydrogens (tertiary/aromatic N) is 1. The van der Waals surface area contributed by atoms with Crippen LogP contribution in [-0.4, -0.2) is 38.0 Å². The highest BCUT2D eigenvalue weighted by molar-refractivity contribution is 6.33. The first-order valence-electron chi connectivity index (χ1n) is 5.49. The molecule has 0 aromatic heterocycles. The van der Waals surface area contributed by atoms with Crippen LogP contribution in [-0.2, 0) is 0 Å². The number of hydrogen-bond acceptors (Lipinski definition) is 3. The molecule has 1 amide bonds. The number of hydrogen-bond donors (Lipinski definition) is 2. The Labute approximate surface area is 107 Å². The lowest BCUT2D eigenvalue weighted by Gasteiger charge is -2.11. The van der Waals surface area contributed by atoms with Crippen molar-refractivity contribution in [2.75, 3.05) is 32.9 Å². The maximum atomic E-state index is 11.8. The lowest BCUT2D eigenvalue weighted by atomic mass is 10.1. The van der Waals surface area contributed by atoms with Crippen LogP contribution in [0.2, 0.25) is 5.02 Å². The van der Waals surface area contributed by atoms with Gasteiger partial charge in [-0.1, -0.05) is 17.7 Å². The summed E-state index contributed by atoms with van der Waals surface area (Å²) in [5.74, 6) is -0.177. The zero-order valence-corrected chi connectivity index (χ0v) is 10.9. The second kappa shape index (κ2) is 6.47. The first kappa shape index (κ1) is 13.8. The summed E-state index contributed by atoms with van der Waals surface area (Å²) >= 11 is 5.85. The minimum absolute atomic E-state index is 0.177. The number of para-hydroxylation sites is 1. The van der Waals surface area contributed by atoms with Crippen LogP contribution >= 0.6 is 11.6 Å². The summed E-state index contributed by atoms with van der Waals surface area (Å²) in [7, 11) is 3.99.